The van der Waals surface area contributed by atoms with Crippen molar-refractivity contribution in [1.82, 2.24) is 0 Å². The van der Waals surface area contributed by atoms with Gasteiger partial charge >= 0.3 is 0 Å². The first-order valence-electron chi connectivity index (χ1n) is 9.83. The monoisotopic (exact) mass is 382 g/mol. The Morgan fingerprint density at radius 2 is 1.85 bits per heavy atom. The molecule has 2 aliphatic carbocycles. The molecule has 0 aromatic heterocycles. The average Bonchev–Trinajstić information content (AvgIpc) is 2.55. The third-order valence-electron chi connectivity index (χ3n) is 7.23. The van der Waals surface area contributed by atoms with Crippen molar-refractivity contribution in [2.45, 2.75) is 65.1 Å². The highest BCUT2D eigenvalue weighted by molar-refractivity contribution is 6.00. The number of aliphatic hydroxyl groups excluding tert-OH is 2. The maximum atomic E-state index is 13.3. The van der Waals surface area contributed by atoms with E-state index in [0.29, 0.717) is 19.1 Å². The van der Waals surface area contributed by atoms with Gasteiger partial charge in [0.25, 0.3) is 0 Å². The van der Waals surface area contributed by atoms with Crippen molar-refractivity contribution in [2.24, 2.45) is 35.0 Å². The summed E-state index contributed by atoms with van der Waals surface area (Å²) in [6.07, 6.45) is 2.90. The SMILES string of the molecule is CCC(CO)C1C(C)(O)C(=O)C2CC(C)(O)CC(C)C2C1(C)C(=O)/C=C/O. The summed E-state index contributed by atoms with van der Waals surface area (Å²) in [6, 6.07) is 0. The fraction of sp³-hybridized carbons (Fsp3) is 0.810. The quantitative estimate of drug-likeness (QED) is 0.427. The Labute approximate surface area is 161 Å². The zero-order chi connectivity index (χ0) is 20.8. The zero-order valence-electron chi connectivity index (χ0n) is 17.0. The maximum Gasteiger partial charge on any atom is 0.167 e. The highest BCUT2D eigenvalue weighted by Crippen LogP contribution is 2.61. The number of hydrogen-bond donors (Lipinski definition) is 4. The molecule has 0 spiro atoms. The van der Waals surface area contributed by atoms with Crippen molar-refractivity contribution in [3.63, 3.8) is 0 Å². The Bertz CT molecular complexity index is 618. The molecule has 8 unspecified atom stereocenters. The number of allylic oxidation sites excluding steroid dienone is 1. The van der Waals surface area contributed by atoms with Crippen LogP contribution in [0.1, 0.15) is 53.9 Å². The molecule has 2 rings (SSSR count). The molecular formula is C21H34O6. The minimum absolute atomic E-state index is 0.140. The van der Waals surface area contributed by atoms with Crippen LogP contribution in [0.25, 0.3) is 0 Å². The van der Waals surface area contributed by atoms with E-state index in [9.17, 15) is 30.0 Å². The number of Topliss-reactive ketones (excluding diaryl/α,β-unsaturated/α-hetero) is 1. The van der Waals surface area contributed by atoms with E-state index >= 15 is 0 Å². The molecule has 6 nitrogen and oxygen atoms in total. The van der Waals surface area contributed by atoms with E-state index in [0.717, 1.165) is 6.08 Å². The molecule has 8 atom stereocenters. The number of carbonyl (C=O) groups excluding carboxylic acids is 2. The van der Waals surface area contributed by atoms with E-state index < -0.39 is 34.4 Å². The van der Waals surface area contributed by atoms with Crippen LogP contribution < -0.4 is 0 Å². The predicted molar refractivity (Wildman–Crippen MR) is 101 cm³/mol. The van der Waals surface area contributed by atoms with Crippen LogP contribution in [0, 0.1) is 35.0 Å². The molecule has 0 amide bonds. The number of fused-ring (bicyclic) bond motifs is 1. The molecule has 0 aliphatic heterocycles. The molecule has 4 N–H and O–H groups in total. The van der Waals surface area contributed by atoms with Gasteiger partial charge in [0.1, 0.15) is 5.60 Å². The van der Waals surface area contributed by atoms with Crippen LogP contribution in [-0.2, 0) is 9.59 Å². The van der Waals surface area contributed by atoms with E-state index in [1.807, 2.05) is 13.8 Å². The summed E-state index contributed by atoms with van der Waals surface area (Å²) in [4.78, 5) is 26.5. The molecule has 27 heavy (non-hydrogen) atoms. The molecule has 0 saturated heterocycles. The average molecular weight is 382 g/mol. The van der Waals surface area contributed by atoms with Crippen LogP contribution in [0.15, 0.2) is 12.3 Å². The Hall–Kier alpha value is -1.24. The minimum Gasteiger partial charge on any atom is -0.515 e. The first-order chi connectivity index (χ1) is 12.4. The lowest BCUT2D eigenvalue weighted by Gasteiger charge is -2.61. The predicted octanol–water partition coefficient (Wildman–Crippen LogP) is 2.02. The highest BCUT2D eigenvalue weighted by Gasteiger charge is 2.67. The molecule has 0 bridgehead atoms. The van der Waals surface area contributed by atoms with Crippen molar-refractivity contribution in [2.75, 3.05) is 6.61 Å². The molecule has 0 aromatic carbocycles. The molecule has 0 aromatic rings. The van der Waals surface area contributed by atoms with Gasteiger partial charge in [-0.1, -0.05) is 27.2 Å². The van der Waals surface area contributed by atoms with Gasteiger partial charge in [-0.15, -0.1) is 0 Å². The summed E-state index contributed by atoms with van der Waals surface area (Å²) in [6.45, 7) is 8.38. The summed E-state index contributed by atoms with van der Waals surface area (Å²) in [5.74, 6) is -3.15. The van der Waals surface area contributed by atoms with Crippen molar-refractivity contribution in [3.05, 3.63) is 12.3 Å². The van der Waals surface area contributed by atoms with Gasteiger partial charge in [0.2, 0.25) is 0 Å². The van der Waals surface area contributed by atoms with E-state index in [1.54, 1.807) is 13.8 Å². The molecule has 2 aliphatic rings. The Balaban J connectivity index is 2.74. The number of hydrogen-bond acceptors (Lipinski definition) is 6. The Morgan fingerprint density at radius 1 is 1.26 bits per heavy atom. The van der Waals surface area contributed by atoms with Gasteiger partial charge in [0, 0.05) is 29.9 Å². The summed E-state index contributed by atoms with van der Waals surface area (Å²) in [7, 11) is 0. The fourth-order valence-corrected chi connectivity index (χ4v) is 6.47. The Morgan fingerprint density at radius 3 is 2.33 bits per heavy atom. The normalized spacial score (nSPS) is 46.3. The van der Waals surface area contributed by atoms with Crippen LogP contribution in [0.4, 0.5) is 0 Å². The maximum absolute atomic E-state index is 13.3. The van der Waals surface area contributed by atoms with E-state index in [4.69, 9.17) is 0 Å². The molecule has 154 valence electrons. The van der Waals surface area contributed by atoms with Gasteiger partial charge in [0.15, 0.2) is 11.6 Å². The van der Waals surface area contributed by atoms with E-state index in [1.165, 1.54) is 6.92 Å². The van der Waals surface area contributed by atoms with Gasteiger partial charge < -0.3 is 20.4 Å². The first-order valence-corrected chi connectivity index (χ1v) is 9.83. The van der Waals surface area contributed by atoms with Crippen molar-refractivity contribution < 1.29 is 30.0 Å². The number of ketones is 2. The van der Waals surface area contributed by atoms with Crippen molar-refractivity contribution in [1.29, 1.82) is 0 Å². The van der Waals surface area contributed by atoms with Gasteiger partial charge in [-0.2, -0.15) is 0 Å². The number of carbonyl (C=O) groups is 2. The second-order valence-electron chi connectivity index (χ2n) is 9.32. The Kier molecular flexibility index (Phi) is 5.96. The van der Waals surface area contributed by atoms with Crippen LogP contribution in [0.2, 0.25) is 0 Å². The highest BCUT2D eigenvalue weighted by atomic mass is 16.3. The van der Waals surface area contributed by atoms with Gasteiger partial charge in [-0.25, -0.2) is 0 Å². The van der Waals surface area contributed by atoms with Crippen molar-refractivity contribution in [3.8, 4) is 0 Å². The smallest absolute Gasteiger partial charge is 0.167 e. The third-order valence-corrected chi connectivity index (χ3v) is 7.23. The van der Waals surface area contributed by atoms with Crippen molar-refractivity contribution >= 4 is 11.6 Å². The summed E-state index contributed by atoms with van der Waals surface area (Å²) in [5, 5.41) is 41.1. The van der Waals surface area contributed by atoms with Crippen LogP contribution in [-0.4, -0.2) is 49.8 Å². The lowest BCUT2D eigenvalue weighted by molar-refractivity contribution is -0.205. The van der Waals surface area contributed by atoms with Gasteiger partial charge in [-0.05, 0) is 44.4 Å². The fourth-order valence-electron chi connectivity index (χ4n) is 6.47. The lowest BCUT2D eigenvalue weighted by Crippen LogP contribution is -2.69. The molecule has 0 heterocycles. The topological polar surface area (TPSA) is 115 Å². The molecule has 6 heteroatoms. The summed E-state index contributed by atoms with van der Waals surface area (Å²) in [5.41, 5.74) is -4.01. The third kappa shape index (κ3) is 3.36. The molecule has 2 fully saturated rings. The number of rotatable bonds is 5. The van der Waals surface area contributed by atoms with Gasteiger partial charge in [0.05, 0.1) is 11.9 Å². The molecular weight excluding hydrogens is 348 g/mol. The van der Waals surface area contributed by atoms with E-state index in [-0.39, 0.29) is 36.4 Å². The van der Waals surface area contributed by atoms with Crippen LogP contribution in [0.5, 0.6) is 0 Å². The summed E-state index contributed by atoms with van der Waals surface area (Å²) >= 11 is 0. The molecule has 2 saturated carbocycles. The lowest BCUT2D eigenvalue weighted by atomic mass is 9.42. The number of aliphatic hydroxyl groups is 4. The standard InChI is InChI=1S/C21H34O6/c1-6-13(11-23)17-20(4,15(24)7-8-22)16-12(2)9-19(3,26)10-14(16)18(25)21(17,5)27/h7-8,12-14,16-17,22-23,26-27H,6,9-11H2,1-5H3/b8-7+. The first kappa shape index (κ1) is 22.1. The van der Waals surface area contributed by atoms with Gasteiger partial charge in [-0.3, -0.25) is 9.59 Å². The second-order valence-corrected chi connectivity index (χ2v) is 9.32. The van der Waals surface area contributed by atoms with E-state index in [2.05, 4.69) is 0 Å². The second kappa shape index (κ2) is 7.30. The largest absolute Gasteiger partial charge is 0.515 e. The van der Waals surface area contributed by atoms with Crippen LogP contribution >= 0.6 is 0 Å². The van der Waals surface area contributed by atoms with Crippen LogP contribution in [0.3, 0.4) is 0 Å². The molecule has 0 radical (unpaired) electrons. The summed E-state index contributed by atoms with van der Waals surface area (Å²) < 4.78 is 0. The minimum atomic E-state index is -1.81. The zero-order valence-corrected chi connectivity index (χ0v) is 17.0.